The second-order valence-corrected chi connectivity index (χ2v) is 16.7. The van der Waals surface area contributed by atoms with Crippen molar-refractivity contribution in [3.8, 4) is 0 Å². The molecule has 0 radical (unpaired) electrons. The van der Waals surface area contributed by atoms with Crippen molar-refractivity contribution in [3.63, 3.8) is 0 Å². The summed E-state index contributed by atoms with van der Waals surface area (Å²) in [5.74, 6) is -0.833. The molecule has 0 bridgehead atoms. The molecule has 0 aromatic rings. The van der Waals surface area contributed by atoms with Crippen LogP contribution in [0.25, 0.3) is 0 Å². The van der Waals surface area contributed by atoms with Gasteiger partial charge >= 0.3 is 19.8 Å². The Morgan fingerprint density at radius 2 is 0.948 bits per heavy atom. The van der Waals surface area contributed by atoms with Gasteiger partial charge in [-0.15, -0.1) is 0 Å². The molecule has 336 valence electrons. The average Bonchev–Trinajstić information content (AvgIpc) is 3.21. The van der Waals surface area contributed by atoms with Crippen LogP contribution in [0, 0.1) is 0 Å². The third kappa shape index (κ3) is 43.3. The number of esters is 2. The van der Waals surface area contributed by atoms with Gasteiger partial charge in [-0.25, -0.2) is 4.57 Å². The van der Waals surface area contributed by atoms with Crippen molar-refractivity contribution < 1.29 is 37.6 Å². The minimum atomic E-state index is -4.38. The van der Waals surface area contributed by atoms with Crippen LogP contribution in [0.15, 0.2) is 60.8 Å². The van der Waals surface area contributed by atoms with Crippen LogP contribution >= 0.6 is 7.82 Å². The minimum Gasteiger partial charge on any atom is -0.462 e. The van der Waals surface area contributed by atoms with Gasteiger partial charge in [0.15, 0.2) is 6.10 Å². The number of hydrogen-bond acceptors (Lipinski definition) is 8. The van der Waals surface area contributed by atoms with E-state index in [9.17, 15) is 19.0 Å². The van der Waals surface area contributed by atoms with Gasteiger partial charge in [-0.2, -0.15) is 0 Å². The van der Waals surface area contributed by atoms with Gasteiger partial charge in [0.05, 0.1) is 13.2 Å². The van der Waals surface area contributed by atoms with Gasteiger partial charge in [0.2, 0.25) is 0 Å². The molecule has 0 aliphatic rings. The molecule has 0 aromatic carbocycles. The van der Waals surface area contributed by atoms with E-state index in [0.717, 1.165) is 77.0 Å². The first-order chi connectivity index (χ1) is 28.3. The number of rotatable bonds is 43. The smallest absolute Gasteiger partial charge is 0.462 e. The molecule has 58 heavy (non-hydrogen) atoms. The molecule has 0 aliphatic carbocycles. The Hall–Kier alpha value is -2.29. The highest BCUT2D eigenvalue weighted by Crippen LogP contribution is 2.43. The fraction of sp³-hybridized carbons (Fsp3) is 0.750. The Labute approximate surface area is 355 Å². The summed E-state index contributed by atoms with van der Waals surface area (Å²) in [6.07, 6.45) is 52.6. The Balaban J connectivity index is 4.01. The fourth-order valence-electron chi connectivity index (χ4n) is 6.25. The maximum Gasteiger partial charge on any atom is 0.472 e. The normalized spacial score (nSPS) is 13.8. The number of allylic oxidation sites excluding steroid dienone is 10. The largest absolute Gasteiger partial charge is 0.472 e. The standard InChI is InChI=1S/C48H86NO8P/c1-3-5-7-9-11-13-15-16-17-18-19-20-21-22-23-24-25-26-27-28-29-30-31-33-35-37-39-41-48(51)57-46(45-56-58(52,53)55-43-42-49)44-54-47(50)40-38-36-34-32-14-12-10-8-6-4-2/h5,7,11,13,16-17,19-20,22-23,46H,3-4,6,8-10,12,14-15,18,21,24-45,49H2,1-2H3,(H,52,53)/b7-5-,13-11-,17-16-,20-19-,23-22-. The SMILES string of the molecule is CC/C=C\C/C=C\C/C=C\C/C=C\C/C=C\CCCCCCCCCCCCCC(=O)OC(COC(=O)CCCCCCCCCCCC)COP(=O)(O)OCCN. The Bertz CT molecular complexity index is 1130. The molecular formula is C48H86NO8P. The van der Waals surface area contributed by atoms with E-state index >= 15 is 0 Å². The lowest BCUT2D eigenvalue weighted by molar-refractivity contribution is -0.161. The predicted octanol–water partition coefficient (Wildman–Crippen LogP) is 13.7. The van der Waals surface area contributed by atoms with Crippen molar-refractivity contribution in [1.29, 1.82) is 0 Å². The number of phosphoric ester groups is 1. The fourth-order valence-corrected chi connectivity index (χ4v) is 7.01. The molecule has 2 atom stereocenters. The molecule has 9 nitrogen and oxygen atoms in total. The Morgan fingerprint density at radius 1 is 0.534 bits per heavy atom. The first-order valence-corrected chi connectivity index (χ1v) is 24.8. The molecule has 0 fully saturated rings. The molecule has 0 heterocycles. The van der Waals surface area contributed by atoms with Crippen molar-refractivity contribution in [2.45, 2.75) is 206 Å². The van der Waals surface area contributed by atoms with Crippen molar-refractivity contribution in [2.75, 3.05) is 26.4 Å². The molecule has 0 aromatic heterocycles. The number of carbonyl (C=O) groups excluding carboxylic acids is 2. The van der Waals surface area contributed by atoms with Gasteiger partial charge in [0, 0.05) is 19.4 Å². The summed E-state index contributed by atoms with van der Waals surface area (Å²) in [6.45, 7) is 3.60. The van der Waals surface area contributed by atoms with E-state index in [-0.39, 0.29) is 38.6 Å². The first kappa shape index (κ1) is 55.7. The van der Waals surface area contributed by atoms with E-state index in [1.165, 1.54) is 89.9 Å². The summed E-state index contributed by atoms with van der Waals surface area (Å²) in [7, 11) is -4.38. The van der Waals surface area contributed by atoms with Crippen LogP contribution < -0.4 is 5.73 Å². The summed E-state index contributed by atoms with van der Waals surface area (Å²) < 4.78 is 32.8. The van der Waals surface area contributed by atoms with Crippen LogP contribution in [-0.4, -0.2) is 49.3 Å². The molecule has 10 heteroatoms. The van der Waals surface area contributed by atoms with E-state index < -0.39 is 26.5 Å². The van der Waals surface area contributed by atoms with Crippen molar-refractivity contribution in [2.24, 2.45) is 5.73 Å². The maximum absolute atomic E-state index is 12.6. The van der Waals surface area contributed by atoms with E-state index in [1.807, 2.05) is 0 Å². The minimum absolute atomic E-state index is 0.0520. The Morgan fingerprint density at radius 3 is 1.41 bits per heavy atom. The summed E-state index contributed by atoms with van der Waals surface area (Å²) in [5.41, 5.74) is 5.35. The highest BCUT2D eigenvalue weighted by molar-refractivity contribution is 7.47. The molecule has 0 amide bonds. The van der Waals surface area contributed by atoms with E-state index in [1.54, 1.807) is 0 Å². The summed E-state index contributed by atoms with van der Waals surface area (Å²) >= 11 is 0. The zero-order chi connectivity index (χ0) is 42.5. The summed E-state index contributed by atoms with van der Waals surface area (Å²) in [6, 6.07) is 0. The first-order valence-electron chi connectivity index (χ1n) is 23.3. The molecule has 0 aliphatic heterocycles. The zero-order valence-electron chi connectivity index (χ0n) is 37.0. The average molecular weight is 836 g/mol. The predicted molar refractivity (Wildman–Crippen MR) is 243 cm³/mol. The van der Waals surface area contributed by atoms with Gasteiger partial charge in [-0.3, -0.25) is 18.6 Å². The van der Waals surface area contributed by atoms with Crippen LogP contribution in [-0.2, 0) is 32.7 Å². The molecule has 3 N–H and O–H groups in total. The maximum atomic E-state index is 12.6. The molecule has 0 spiro atoms. The lowest BCUT2D eigenvalue weighted by Crippen LogP contribution is -2.29. The second kappa shape index (κ2) is 44.3. The third-order valence-electron chi connectivity index (χ3n) is 9.67. The lowest BCUT2D eigenvalue weighted by Gasteiger charge is -2.19. The number of ether oxygens (including phenoxy) is 2. The molecular weight excluding hydrogens is 750 g/mol. The molecule has 2 unspecified atom stereocenters. The topological polar surface area (TPSA) is 134 Å². The Kier molecular flexibility index (Phi) is 42.5. The highest BCUT2D eigenvalue weighted by Gasteiger charge is 2.26. The van der Waals surface area contributed by atoms with Gasteiger partial charge < -0.3 is 20.1 Å². The van der Waals surface area contributed by atoms with E-state index in [4.69, 9.17) is 24.3 Å². The molecule has 0 saturated carbocycles. The zero-order valence-corrected chi connectivity index (χ0v) is 37.9. The lowest BCUT2D eigenvalue weighted by atomic mass is 10.0. The number of carbonyl (C=O) groups is 2. The number of unbranched alkanes of at least 4 members (excludes halogenated alkanes) is 20. The van der Waals surface area contributed by atoms with E-state index in [0.29, 0.717) is 6.42 Å². The van der Waals surface area contributed by atoms with Gasteiger partial charge in [0.1, 0.15) is 6.61 Å². The molecule has 0 rings (SSSR count). The van der Waals surface area contributed by atoms with Gasteiger partial charge in [-0.05, 0) is 57.8 Å². The van der Waals surface area contributed by atoms with Crippen molar-refractivity contribution >= 4 is 19.8 Å². The van der Waals surface area contributed by atoms with Gasteiger partial charge in [0.25, 0.3) is 0 Å². The monoisotopic (exact) mass is 836 g/mol. The van der Waals surface area contributed by atoms with Crippen LogP contribution in [0.5, 0.6) is 0 Å². The quantitative estimate of drug-likeness (QED) is 0.0266. The number of hydrogen-bond donors (Lipinski definition) is 2. The number of phosphoric acid groups is 1. The summed E-state index contributed by atoms with van der Waals surface area (Å²) in [5, 5.41) is 0. The van der Waals surface area contributed by atoms with E-state index in [2.05, 4.69) is 74.6 Å². The van der Waals surface area contributed by atoms with Crippen molar-refractivity contribution in [1.82, 2.24) is 0 Å². The summed E-state index contributed by atoms with van der Waals surface area (Å²) in [4.78, 5) is 34.8. The van der Waals surface area contributed by atoms with Crippen LogP contribution in [0.2, 0.25) is 0 Å². The van der Waals surface area contributed by atoms with Crippen LogP contribution in [0.1, 0.15) is 200 Å². The highest BCUT2D eigenvalue weighted by atomic mass is 31.2. The number of nitrogens with two attached hydrogens (primary N) is 1. The van der Waals surface area contributed by atoms with Crippen LogP contribution in [0.4, 0.5) is 0 Å². The third-order valence-corrected chi connectivity index (χ3v) is 10.7. The molecule has 0 saturated heterocycles. The van der Waals surface area contributed by atoms with Gasteiger partial charge in [-0.1, -0.05) is 190 Å². The second-order valence-electron chi connectivity index (χ2n) is 15.2. The van der Waals surface area contributed by atoms with Crippen LogP contribution in [0.3, 0.4) is 0 Å². The van der Waals surface area contributed by atoms with Crippen molar-refractivity contribution in [3.05, 3.63) is 60.8 Å².